The van der Waals surface area contributed by atoms with Crippen molar-refractivity contribution in [3.63, 3.8) is 0 Å². The minimum atomic E-state index is -0.828. The summed E-state index contributed by atoms with van der Waals surface area (Å²) in [5.74, 6) is -0.933. The average Bonchev–Trinajstić information content (AvgIpc) is 2.88. The number of amides is 1. The molecule has 3 rings (SSSR count). The van der Waals surface area contributed by atoms with E-state index in [-0.39, 0.29) is 11.8 Å². The van der Waals surface area contributed by atoms with E-state index >= 15 is 0 Å². The minimum absolute atomic E-state index is 0.0203. The van der Waals surface area contributed by atoms with E-state index < -0.39 is 11.4 Å². The Hall–Kier alpha value is -1.40. The second-order valence-electron chi connectivity index (χ2n) is 6.06. The summed E-state index contributed by atoms with van der Waals surface area (Å²) in [5.41, 5.74) is 0.0976. The number of benzene rings is 1. The Morgan fingerprint density at radius 2 is 2.27 bits per heavy atom. The first kappa shape index (κ1) is 15.5. The van der Waals surface area contributed by atoms with Gasteiger partial charge >= 0.3 is 5.97 Å². The number of carbonyl (C=O) groups is 2. The van der Waals surface area contributed by atoms with Crippen molar-refractivity contribution in [2.45, 2.75) is 12.8 Å². The highest BCUT2D eigenvalue weighted by atomic mass is 79.9. The third-order valence-electron chi connectivity index (χ3n) is 4.73. The van der Waals surface area contributed by atoms with Crippen LogP contribution in [0.5, 0.6) is 0 Å². The van der Waals surface area contributed by atoms with E-state index in [1.807, 2.05) is 24.3 Å². The fourth-order valence-electron chi connectivity index (χ4n) is 3.42. The Bertz CT molecular complexity index is 606. The van der Waals surface area contributed by atoms with E-state index in [0.29, 0.717) is 39.1 Å². The van der Waals surface area contributed by atoms with Crippen molar-refractivity contribution in [1.82, 2.24) is 4.90 Å². The summed E-state index contributed by atoms with van der Waals surface area (Å²) in [4.78, 5) is 25.9. The smallest absolute Gasteiger partial charge is 0.311 e. The summed E-state index contributed by atoms with van der Waals surface area (Å²) in [5, 5.41) is 9.63. The molecule has 2 aliphatic rings. The standard InChI is InChI=1S/C16H18BrNO4/c17-13-3-1-2-11(6-13)7-14(19)18-8-12-9-22-5-4-16(12,10-18)15(20)21/h1-3,6,12H,4-5,7-10H2,(H,20,21)/t12-,16+/m0/s1. The van der Waals surface area contributed by atoms with Crippen LogP contribution >= 0.6 is 15.9 Å². The third kappa shape index (κ3) is 2.77. The number of carboxylic acids is 1. The van der Waals surface area contributed by atoms with Crippen LogP contribution in [0.25, 0.3) is 0 Å². The van der Waals surface area contributed by atoms with Gasteiger partial charge < -0.3 is 14.7 Å². The molecule has 0 aliphatic carbocycles. The quantitative estimate of drug-likeness (QED) is 0.886. The maximum absolute atomic E-state index is 12.5. The molecule has 1 aromatic rings. The zero-order valence-electron chi connectivity index (χ0n) is 12.1. The summed E-state index contributed by atoms with van der Waals surface area (Å²) in [6.07, 6.45) is 0.774. The zero-order valence-corrected chi connectivity index (χ0v) is 13.7. The van der Waals surface area contributed by atoms with Crippen LogP contribution in [0.4, 0.5) is 0 Å². The van der Waals surface area contributed by atoms with E-state index in [2.05, 4.69) is 15.9 Å². The number of hydrogen-bond donors (Lipinski definition) is 1. The van der Waals surface area contributed by atoms with Crippen molar-refractivity contribution < 1.29 is 19.4 Å². The molecule has 1 amide bonds. The number of halogens is 1. The van der Waals surface area contributed by atoms with E-state index in [9.17, 15) is 14.7 Å². The monoisotopic (exact) mass is 367 g/mol. The second-order valence-corrected chi connectivity index (χ2v) is 6.98. The number of ether oxygens (including phenoxy) is 1. The fraction of sp³-hybridized carbons (Fsp3) is 0.500. The Balaban J connectivity index is 1.73. The van der Waals surface area contributed by atoms with Crippen molar-refractivity contribution in [3.8, 4) is 0 Å². The lowest BCUT2D eigenvalue weighted by molar-refractivity contribution is -0.157. The molecular formula is C16H18BrNO4. The number of carboxylic acid groups (broad SMARTS) is 1. The maximum atomic E-state index is 12.5. The number of fused-ring (bicyclic) bond motifs is 1. The van der Waals surface area contributed by atoms with Crippen molar-refractivity contribution in [2.75, 3.05) is 26.3 Å². The molecule has 2 aliphatic heterocycles. The van der Waals surface area contributed by atoms with Gasteiger partial charge in [0.25, 0.3) is 0 Å². The van der Waals surface area contributed by atoms with Crippen molar-refractivity contribution in [3.05, 3.63) is 34.3 Å². The minimum Gasteiger partial charge on any atom is -0.481 e. The van der Waals surface area contributed by atoms with Gasteiger partial charge in [-0.05, 0) is 24.1 Å². The number of rotatable bonds is 3. The first-order valence-corrected chi connectivity index (χ1v) is 8.14. The van der Waals surface area contributed by atoms with E-state index in [4.69, 9.17) is 4.74 Å². The van der Waals surface area contributed by atoms with Crippen LogP contribution in [-0.4, -0.2) is 48.2 Å². The molecule has 6 heteroatoms. The van der Waals surface area contributed by atoms with Gasteiger partial charge in [-0.3, -0.25) is 9.59 Å². The highest BCUT2D eigenvalue weighted by Crippen LogP contribution is 2.42. The normalized spacial score (nSPS) is 27.5. The molecule has 2 atom stereocenters. The van der Waals surface area contributed by atoms with E-state index in [1.54, 1.807) is 4.90 Å². The molecule has 2 heterocycles. The number of carbonyl (C=O) groups excluding carboxylic acids is 1. The van der Waals surface area contributed by atoms with Crippen LogP contribution in [0.1, 0.15) is 12.0 Å². The molecule has 0 unspecified atom stereocenters. The SMILES string of the molecule is O=C(Cc1cccc(Br)c1)N1C[C@H]2COCC[C@@]2(C(=O)O)C1. The lowest BCUT2D eigenvalue weighted by atomic mass is 9.74. The van der Waals surface area contributed by atoms with Gasteiger partial charge in [0.05, 0.1) is 18.4 Å². The summed E-state index contributed by atoms with van der Waals surface area (Å²) in [7, 11) is 0. The molecule has 2 saturated heterocycles. The number of aliphatic carboxylic acids is 1. The Morgan fingerprint density at radius 1 is 1.45 bits per heavy atom. The Morgan fingerprint density at radius 3 is 2.95 bits per heavy atom. The molecule has 0 radical (unpaired) electrons. The van der Waals surface area contributed by atoms with Crippen LogP contribution in [0.2, 0.25) is 0 Å². The topological polar surface area (TPSA) is 66.8 Å². The molecule has 0 aromatic heterocycles. The van der Waals surface area contributed by atoms with Gasteiger partial charge in [0.2, 0.25) is 5.91 Å². The van der Waals surface area contributed by atoms with Gasteiger partial charge in [-0.15, -0.1) is 0 Å². The van der Waals surface area contributed by atoms with Crippen molar-refractivity contribution in [2.24, 2.45) is 11.3 Å². The maximum Gasteiger partial charge on any atom is 0.311 e. The second kappa shape index (κ2) is 6.01. The molecular weight excluding hydrogens is 350 g/mol. The molecule has 0 bridgehead atoms. The molecule has 2 fully saturated rings. The molecule has 118 valence electrons. The lowest BCUT2D eigenvalue weighted by Gasteiger charge is -2.33. The molecule has 0 saturated carbocycles. The predicted octanol–water partition coefficient (Wildman–Crippen LogP) is 1.94. The van der Waals surface area contributed by atoms with Gasteiger partial charge in [0.1, 0.15) is 0 Å². The Kier molecular flexibility index (Phi) is 4.23. The van der Waals surface area contributed by atoms with Crippen LogP contribution in [-0.2, 0) is 20.7 Å². The molecule has 22 heavy (non-hydrogen) atoms. The van der Waals surface area contributed by atoms with Gasteiger partial charge in [0.15, 0.2) is 0 Å². The largest absolute Gasteiger partial charge is 0.481 e. The fourth-order valence-corrected chi connectivity index (χ4v) is 3.87. The summed E-state index contributed by atoms with van der Waals surface area (Å²) < 4.78 is 6.35. The van der Waals surface area contributed by atoms with Crippen LogP contribution in [0.3, 0.4) is 0 Å². The average molecular weight is 368 g/mol. The number of nitrogens with zero attached hydrogens (tertiary/aromatic N) is 1. The van der Waals surface area contributed by atoms with Gasteiger partial charge in [-0.2, -0.15) is 0 Å². The van der Waals surface area contributed by atoms with Gasteiger partial charge in [-0.25, -0.2) is 0 Å². The third-order valence-corrected chi connectivity index (χ3v) is 5.22. The molecule has 0 spiro atoms. The number of hydrogen-bond acceptors (Lipinski definition) is 3. The molecule has 1 aromatic carbocycles. The lowest BCUT2D eigenvalue weighted by Crippen LogP contribution is -2.45. The molecule has 5 nitrogen and oxygen atoms in total. The van der Waals surface area contributed by atoms with Crippen molar-refractivity contribution in [1.29, 1.82) is 0 Å². The zero-order chi connectivity index (χ0) is 15.7. The first-order chi connectivity index (χ1) is 10.5. The highest BCUT2D eigenvalue weighted by molar-refractivity contribution is 9.10. The van der Waals surface area contributed by atoms with E-state index in [0.717, 1.165) is 10.0 Å². The molecule has 1 N–H and O–H groups in total. The number of likely N-dealkylation sites (tertiary alicyclic amines) is 1. The van der Waals surface area contributed by atoms with Crippen LogP contribution in [0, 0.1) is 11.3 Å². The first-order valence-electron chi connectivity index (χ1n) is 7.35. The van der Waals surface area contributed by atoms with Crippen LogP contribution in [0.15, 0.2) is 28.7 Å². The van der Waals surface area contributed by atoms with Crippen molar-refractivity contribution >= 4 is 27.8 Å². The highest BCUT2D eigenvalue weighted by Gasteiger charge is 2.54. The van der Waals surface area contributed by atoms with Gasteiger partial charge in [0, 0.05) is 30.1 Å². The Labute approximate surface area is 137 Å². The summed E-state index contributed by atoms with van der Waals surface area (Å²) in [6.45, 7) is 1.64. The van der Waals surface area contributed by atoms with Crippen LogP contribution < -0.4 is 0 Å². The predicted molar refractivity (Wildman–Crippen MR) is 83.4 cm³/mol. The van der Waals surface area contributed by atoms with E-state index in [1.165, 1.54) is 0 Å². The van der Waals surface area contributed by atoms with Gasteiger partial charge in [-0.1, -0.05) is 28.1 Å². The summed E-state index contributed by atoms with van der Waals surface area (Å²) in [6, 6.07) is 7.62. The summed E-state index contributed by atoms with van der Waals surface area (Å²) >= 11 is 3.39.